The number of hydrogen-bond acceptors (Lipinski definition) is 5. The van der Waals surface area contributed by atoms with Crippen LogP contribution in [0.25, 0.3) is 53.6 Å². The molecule has 6 heteroatoms. The first-order valence-electron chi connectivity index (χ1n) is 27.5. The zero-order valence-corrected chi connectivity index (χ0v) is 47.5. The van der Waals surface area contributed by atoms with E-state index in [0.29, 0.717) is 13.2 Å². The van der Waals surface area contributed by atoms with E-state index in [1.54, 1.807) is 0 Å². The molecule has 3 aliphatic rings. The molecule has 0 radical (unpaired) electrons. The number of aryl methyl sites for hydroxylation is 3. The van der Waals surface area contributed by atoms with Crippen LogP contribution in [0, 0.1) is 20.8 Å². The Hall–Kier alpha value is -7.54. The van der Waals surface area contributed by atoms with Gasteiger partial charge in [0.15, 0.2) is 11.5 Å². The average Bonchev–Trinajstić information content (AvgIpc) is 3.99. The van der Waals surface area contributed by atoms with Gasteiger partial charge in [-0.2, -0.15) is 0 Å². The molecule has 4 heterocycles. The molecule has 1 aromatic heterocycles. The monoisotopic (exact) mass is 1020 g/mol. The first kappa shape index (κ1) is 49.1. The van der Waals surface area contributed by atoms with Gasteiger partial charge in [0.1, 0.15) is 13.2 Å². The highest BCUT2D eigenvalue weighted by atomic mass is 32.1. The molecule has 13 rings (SSSR count). The van der Waals surface area contributed by atoms with Gasteiger partial charge in [0.2, 0.25) is 0 Å². The number of rotatable bonds is 5. The highest BCUT2D eigenvalue weighted by Crippen LogP contribution is 2.53. The number of benzene rings is 9. The lowest BCUT2D eigenvalue weighted by Crippen LogP contribution is -2.61. The summed E-state index contributed by atoms with van der Waals surface area (Å²) in [4.78, 5) is 5.14. The standard InChI is InChI=1S/C71H67BN2O2S/c1-42-33-60-65-61(34-42)74(66-43(2)35-53(36-44(66)3)71(10,11)12)67-58(29-30-62-68(67)76-32-31-75-62)72(65)57-28-22-47(48-21-27-56-55-15-13-14-16-63(55)77-64(56)41-48)40-59(57)73(60)54-38-49(45-17-23-51(24-18-45)69(4,5)6)37-50(39-54)46-19-25-52(26-20-46)70(7,8)9/h13-30,33-41H,31-32H2,1-12H3. The summed E-state index contributed by atoms with van der Waals surface area (Å²) in [5.41, 5.74) is 25.4. The van der Waals surface area contributed by atoms with E-state index in [-0.39, 0.29) is 23.0 Å². The summed E-state index contributed by atoms with van der Waals surface area (Å²) in [7, 11) is 0. The van der Waals surface area contributed by atoms with E-state index in [1.807, 2.05) is 11.3 Å². The fourth-order valence-corrected chi connectivity index (χ4v) is 13.6. The lowest BCUT2D eigenvalue weighted by atomic mass is 9.33. The van der Waals surface area contributed by atoms with Crippen LogP contribution >= 0.6 is 11.3 Å². The van der Waals surface area contributed by atoms with Crippen molar-refractivity contribution in [2.45, 2.75) is 99.3 Å². The van der Waals surface area contributed by atoms with Crippen molar-refractivity contribution in [2.24, 2.45) is 0 Å². The third-order valence-corrected chi connectivity index (χ3v) is 17.7. The maximum atomic E-state index is 6.82. The van der Waals surface area contributed by atoms with Gasteiger partial charge in [-0.1, -0.05) is 172 Å². The van der Waals surface area contributed by atoms with E-state index in [4.69, 9.17) is 9.47 Å². The lowest BCUT2D eigenvalue weighted by molar-refractivity contribution is 0.172. The zero-order chi connectivity index (χ0) is 53.4. The predicted molar refractivity (Wildman–Crippen MR) is 331 cm³/mol. The zero-order valence-electron chi connectivity index (χ0n) is 46.7. The molecule has 382 valence electrons. The molecule has 0 saturated heterocycles. The topological polar surface area (TPSA) is 24.9 Å². The molecule has 0 aliphatic carbocycles. The SMILES string of the molecule is Cc1cc2c3c(c1)N(c1c(C)cc(C(C)(C)C)cc1C)c1c(ccc4c1OCCO4)B3c1ccc(-c3ccc4c(c3)sc3ccccc34)cc1N2c1cc(-c2ccc(C(C)(C)C)cc2)cc(-c2ccc(C(C)(C)C)cc2)c1. The second-order valence-electron chi connectivity index (χ2n) is 25.1. The second-order valence-corrected chi connectivity index (χ2v) is 26.1. The van der Waals surface area contributed by atoms with Crippen molar-refractivity contribution in [1.29, 1.82) is 0 Å². The van der Waals surface area contributed by atoms with Crippen LogP contribution in [-0.4, -0.2) is 19.9 Å². The highest BCUT2D eigenvalue weighted by Gasteiger charge is 2.46. The molecule has 0 saturated carbocycles. The predicted octanol–water partition coefficient (Wildman–Crippen LogP) is 17.7. The van der Waals surface area contributed by atoms with Gasteiger partial charge in [-0.05, 0) is 175 Å². The summed E-state index contributed by atoms with van der Waals surface area (Å²) in [6.45, 7) is 28.4. The largest absolute Gasteiger partial charge is 0.486 e. The quantitative estimate of drug-likeness (QED) is 0.160. The summed E-state index contributed by atoms with van der Waals surface area (Å²) in [5.74, 6) is 1.60. The third-order valence-electron chi connectivity index (χ3n) is 16.5. The van der Waals surface area contributed by atoms with Gasteiger partial charge in [-0.25, -0.2) is 0 Å². The summed E-state index contributed by atoms with van der Waals surface area (Å²) in [6.07, 6.45) is 0. The van der Waals surface area contributed by atoms with Gasteiger partial charge in [0, 0.05) is 42.9 Å². The van der Waals surface area contributed by atoms with Gasteiger partial charge in [0.05, 0.1) is 11.4 Å². The van der Waals surface area contributed by atoms with Gasteiger partial charge < -0.3 is 19.3 Å². The van der Waals surface area contributed by atoms with Gasteiger partial charge in [-0.3, -0.25) is 0 Å². The van der Waals surface area contributed by atoms with Crippen molar-refractivity contribution in [3.63, 3.8) is 0 Å². The van der Waals surface area contributed by atoms with Gasteiger partial charge in [-0.15, -0.1) is 11.3 Å². The van der Waals surface area contributed by atoms with E-state index in [0.717, 1.165) is 28.6 Å². The summed E-state index contributed by atoms with van der Waals surface area (Å²) < 4.78 is 15.9. The molecule has 0 atom stereocenters. The lowest BCUT2D eigenvalue weighted by Gasteiger charge is -2.46. The molecule has 0 amide bonds. The number of nitrogens with zero attached hydrogens (tertiary/aromatic N) is 2. The summed E-state index contributed by atoms with van der Waals surface area (Å²) in [6, 6.07) is 63.0. The maximum absolute atomic E-state index is 6.82. The molecule has 0 bridgehead atoms. The maximum Gasteiger partial charge on any atom is 0.252 e. The van der Waals surface area contributed by atoms with Crippen molar-refractivity contribution in [2.75, 3.05) is 23.0 Å². The Morgan fingerprint density at radius 1 is 0.429 bits per heavy atom. The van der Waals surface area contributed by atoms with Crippen molar-refractivity contribution >= 4 is 88.7 Å². The first-order valence-corrected chi connectivity index (χ1v) is 28.3. The highest BCUT2D eigenvalue weighted by molar-refractivity contribution is 7.25. The smallest absolute Gasteiger partial charge is 0.252 e. The van der Waals surface area contributed by atoms with Gasteiger partial charge >= 0.3 is 0 Å². The molecular formula is C71H67BN2O2S. The number of hydrogen-bond donors (Lipinski definition) is 0. The van der Waals surface area contributed by atoms with Crippen molar-refractivity contribution < 1.29 is 9.47 Å². The van der Waals surface area contributed by atoms with E-state index in [2.05, 4.69) is 257 Å². The Bertz CT molecular complexity index is 3930. The van der Waals surface area contributed by atoms with E-state index in [1.165, 1.54) is 120 Å². The van der Waals surface area contributed by atoms with Crippen LogP contribution in [0.3, 0.4) is 0 Å². The number of fused-ring (bicyclic) bond motifs is 9. The van der Waals surface area contributed by atoms with Gasteiger partial charge in [0.25, 0.3) is 6.71 Å². The molecular weight excluding hydrogens is 956 g/mol. The van der Waals surface area contributed by atoms with Crippen LogP contribution in [0.4, 0.5) is 34.1 Å². The molecule has 0 N–H and O–H groups in total. The van der Waals surface area contributed by atoms with Crippen LogP contribution in [0.1, 0.15) is 95.7 Å². The van der Waals surface area contributed by atoms with Crippen molar-refractivity contribution in [3.8, 4) is 44.9 Å². The Labute approximate surface area is 460 Å². The molecule has 4 nitrogen and oxygen atoms in total. The number of thiophene rings is 1. The second kappa shape index (κ2) is 17.8. The third kappa shape index (κ3) is 8.25. The minimum absolute atomic E-state index is 0.0130. The Kier molecular flexibility index (Phi) is 11.3. The molecule has 0 spiro atoms. The molecule has 0 unspecified atom stereocenters. The molecule has 77 heavy (non-hydrogen) atoms. The van der Waals surface area contributed by atoms with Crippen molar-refractivity contribution in [1.82, 2.24) is 0 Å². The molecule has 9 aromatic carbocycles. The van der Waals surface area contributed by atoms with Crippen LogP contribution < -0.4 is 35.7 Å². The average molecular weight is 1020 g/mol. The molecule has 0 fully saturated rings. The molecule has 10 aromatic rings. The summed E-state index contributed by atoms with van der Waals surface area (Å²) in [5, 5.41) is 2.62. The first-order chi connectivity index (χ1) is 36.8. The van der Waals surface area contributed by atoms with Crippen molar-refractivity contribution in [3.05, 3.63) is 197 Å². The number of anilines is 6. The van der Waals surface area contributed by atoms with Crippen LogP contribution in [-0.2, 0) is 16.2 Å². The van der Waals surface area contributed by atoms with E-state index in [9.17, 15) is 0 Å². The fraction of sp³-hybridized carbons (Fsp3) is 0.239. The Morgan fingerprint density at radius 3 is 1.61 bits per heavy atom. The Morgan fingerprint density at radius 2 is 0.974 bits per heavy atom. The molecule has 3 aliphatic heterocycles. The number of ether oxygens (including phenoxy) is 2. The Balaban J connectivity index is 1.10. The summed E-state index contributed by atoms with van der Waals surface area (Å²) >= 11 is 1.87. The van der Waals surface area contributed by atoms with Crippen LogP contribution in [0.5, 0.6) is 11.5 Å². The minimum atomic E-state index is -0.111. The van der Waals surface area contributed by atoms with E-state index < -0.39 is 0 Å². The fourth-order valence-electron chi connectivity index (χ4n) is 12.5. The minimum Gasteiger partial charge on any atom is -0.486 e. The normalized spacial score (nSPS) is 14.0. The van der Waals surface area contributed by atoms with E-state index >= 15 is 0 Å². The van der Waals surface area contributed by atoms with Crippen LogP contribution in [0.15, 0.2) is 164 Å². The van der Waals surface area contributed by atoms with Crippen LogP contribution in [0.2, 0.25) is 0 Å².